The molecule has 2 N–H and O–H groups in total. The van der Waals surface area contributed by atoms with Gasteiger partial charge in [0.25, 0.3) is 0 Å². The van der Waals surface area contributed by atoms with Gasteiger partial charge in [-0.05, 0) is 54.2 Å². The number of hydrogen-bond donors (Lipinski definition) is 2. The molecule has 1 aliphatic carbocycles. The summed E-state index contributed by atoms with van der Waals surface area (Å²) in [6, 6.07) is 15.6. The number of carboxylic acid groups (broad SMARTS) is 1. The van der Waals surface area contributed by atoms with Gasteiger partial charge >= 0.3 is 5.97 Å². The number of hydrogen-bond acceptors (Lipinski definition) is 3. The zero-order valence-electron chi connectivity index (χ0n) is 13.2. The van der Waals surface area contributed by atoms with Crippen LogP contribution in [0.5, 0.6) is 5.75 Å². The van der Waals surface area contributed by atoms with Gasteiger partial charge in [-0.3, -0.25) is 0 Å². The molecular formula is C19H21NO3. The van der Waals surface area contributed by atoms with Gasteiger partial charge in [0.1, 0.15) is 5.75 Å². The lowest BCUT2D eigenvalue weighted by Gasteiger charge is -2.19. The van der Waals surface area contributed by atoms with E-state index in [0.29, 0.717) is 24.1 Å². The normalized spacial score (nSPS) is 15.2. The first-order valence-corrected chi connectivity index (χ1v) is 7.87. The summed E-state index contributed by atoms with van der Waals surface area (Å²) in [6.45, 7) is 0.661. The third-order valence-electron chi connectivity index (χ3n) is 4.27. The molecule has 0 saturated heterocycles. The van der Waals surface area contributed by atoms with Crippen LogP contribution in [0.2, 0.25) is 0 Å². The number of carboxylic acids is 1. The fourth-order valence-corrected chi connectivity index (χ4v) is 2.84. The molecule has 2 aromatic rings. The molecule has 4 nitrogen and oxygen atoms in total. The van der Waals surface area contributed by atoms with Crippen LogP contribution in [0.3, 0.4) is 0 Å². The average molecular weight is 311 g/mol. The van der Waals surface area contributed by atoms with Crippen LogP contribution in [0.15, 0.2) is 48.5 Å². The molecule has 0 heterocycles. The molecule has 4 heteroatoms. The van der Waals surface area contributed by atoms with Gasteiger partial charge in [-0.2, -0.15) is 0 Å². The minimum absolute atomic E-state index is 0.300. The molecule has 23 heavy (non-hydrogen) atoms. The summed E-state index contributed by atoms with van der Waals surface area (Å²) in [6.07, 6.45) is 2.47. The Morgan fingerprint density at radius 2 is 2.00 bits per heavy atom. The molecule has 0 radical (unpaired) electrons. The van der Waals surface area contributed by atoms with E-state index in [-0.39, 0.29) is 0 Å². The third-order valence-corrected chi connectivity index (χ3v) is 4.27. The van der Waals surface area contributed by atoms with Crippen molar-refractivity contribution in [3.63, 3.8) is 0 Å². The van der Waals surface area contributed by atoms with E-state index in [2.05, 4.69) is 17.4 Å². The topological polar surface area (TPSA) is 58.6 Å². The van der Waals surface area contributed by atoms with Crippen molar-refractivity contribution in [3.05, 3.63) is 65.2 Å². The lowest BCUT2D eigenvalue weighted by Crippen LogP contribution is -2.22. The summed E-state index contributed by atoms with van der Waals surface area (Å²) in [4.78, 5) is 11.1. The van der Waals surface area contributed by atoms with Gasteiger partial charge in [-0.25, -0.2) is 4.79 Å². The number of rotatable bonds is 7. The first-order valence-electron chi connectivity index (χ1n) is 7.87. The first kappa shape index (κ1) is 15.6. The van der Waals surface area contributed by atoms with E-state index in [1.54, 1.807) is 25.3 Å². The Morgan fingerprint density at radius 3 is 2.61 bits per heavy atom. The summed E-state index contributed by atoms with van der Waals surface area (Å²) >= 11 is 0. The summed E-state index contributed by atoms with van der Waals surface area (Å²) in [5, 5.41) is 12.7. The second-order valence-electron chi connectivity index (χ2n) is 5.97. The van der Waals surface area contributed by atoms with Crippen molar-refractivity contribution in [1.82, 2.24) is 5.32 Å². The van der Waals surface area contributed by atoms with E-state index in [9.17, 15) is 4.79 Å². The monoisotopic (exact) mass is 311 g/mol. The van der Waals surface area contributed by atoms with Crippen molar-refractivity contribution in [2.45, 2.75) is 25.4 Å². The van der Waals surface area contributed by atoms with E-state index in [0.717, 1.165) is 11.3 Å². The minimum Gasteiger partial charge on any atom is -0.497 e. The molecule has 0 aliphatic heterocycles. The molecule has 2 aromatic carbocycles. The number of aromatic carboxylic acids is 1. The average Bonchev–Trinajstić information content (AvgIpc) is 3.41. The van der Waals surface area contributed by atoms with E-state index >= 15 is 0 Å². The molecule has 0 spiro atoms. The molecular weight excluding hydrogens is 290 g/mol. The molecule has 1 saturated carbocycles. The van der Waals surface area contributed by atoms with Crippen LogP contribution in [0.4, 0.5) is 0 Å². The van der Waals surface area contributed by atoms with Crippen LogP contribution in [0.1, 0.15) is 40.4 Å². The van der Waals surface area contributed by atoms with Gasteiger partial charge in [0.15, 0.2) is 0 Å². The summed E-state index contributed by atoms with van der Waals surface area (Å²) in [7, 11) is 1.67. The molecule has 120 valence electrons. The highest BCUT2D eigenvalue weighted by Gasteiger charge is 2.31. The van der Waals surface area contributed by atoms with E-state index in [1.807, 2.05) is 18.2 Å². The maximum absolute atomic E-state index is 11.1. The maximum Gasteiger partial charge on any atom is 0.335 e. The van der Waals surface area contributed by atoms with Crippen LogP contribution in [-0.2, 0) is 6.54 Å². The fraction of sp³-hybridized carbons (Fsp3) is 0.316. The van der Waals surface area contributed by atoms with E-state index < -0.39 is 5.97 Å². The predicted octanol–water partition coefficient (Wildman–Crippen LogP) is 3.63. The van der Waals surface area contributed by atoms with Crippen LogP contribution < -0.4 is 10.1 Å². The number of nitrogens with one attached hydrogen (secondary N) is 1. The maximum atomic E-state index is 11.1. The highest BCUT2D eigenvalue weighted by atomic mass is 16.5. The van der Waals surface area contributed by atoms with Gasteiger partial charge in [-0.15, -0.1) is 0 Å². The number of carbonyl (C=O) groups is 1. The predicted molar refractivity (Wildman–Crippen MR) is 88.7 cm³/mol. The number of ether oxygens (including phenoxy) is 1. The highest BCUT2D eigenvalue weighted by molar-refractivity contribution is 5.87. The highest BCUT2D eigenvalue weighted by Crippen LogP contribution is 2.41. The van der Waals surface area contributed by atoms with Gasteiger partial charge in [0.05, 0.1) is 12.7 Å². The van der Waals surface area contributed by atoms with Crippen molar-refractivity contribution in [3.8, 4) is 5.75 Å². The Bertz CT molecular complexity index is 677. The smallest absolute Gasteiger partial charge is 0.335 e. The zero-order chi connectivity index (χ0) is 16.2. The minimum atomic E-state index is -0.888. The van der Waals surface area contributed by atoms with Gasteiger partial charge in [-0.1, -0.05) is 24.3 Å². The summed E-state index contributed by atoms with van der Waals surface area (Å²) in [5.74, 6) is 0.629. The molecule has 1 atom stereocenters. The van der Waals surface area contributed by atoms with Crippen molar-refractivity contribution < 1.29 is 14.6 Å². The SMILES string of the molecule is COc1ccc(C(NCc2cccc(C(=O)O)c2)C2CC2)cc1. The Labute approximate surface area is 136 Å². The standard InChI is InChI=1S/C19H21NO3/c1-23-17-9-7-15(8-10-17)18(14-5-6-14)20-12-13-3-2-4-16(11-13)19(21)22/h2-4,7-11,14,18,20H,5-6,12H2,1H3,(H,21,22). The number of methoxy groups -OCH3 is 1. The Hall–Kier alpha value is -2.33. The van der Waals surface area contributed by atoms with Gasteiger partial charge in [0.2, 0.25) is 0 Å². The van der Waals surface area contributed by atoms with E-state index in [4.69, 9.17) is 9.84 Å². The molecule has 1 unspecified atom stereocenters. The van der Waals surface area contributed by atoms with Crippen molar-refractivity contribution in [1.29, 1.82) is 0 Å². The molecule has 1 aliphatic rings. The van der Waals surface area contributed by atoms with Crippen LogP contribution in [0, 0.1) is 5.92 Å². The van der Waals surface area contributed by atoms with Crippen LogP contribution >= 0.6 is 0 Å². The molecule has 0 amide bonds. The molecule has 0 bridgehead atoms. The molecule has 0 aromatic heterocycles. The fourth-order valence-electron chi connectivity index (χ4n) is 2.84. The molecule has 3 rings (SSSR count). The summed E-state index contributed by atoms with van der Waals surface area (Å²) < 4.78 is 5.21. The Balaban J connectivity index is 1.70. The lowest BCUT2D eigenvalue weighted by molar-refractivity contribution is 0.0696. The lowest BCUT2D eigenvalue weighted by atomic mass is 10.0. The van der Waals surface area contributed by atoms with Gasteiger partial charge in [0, 0.05) is 12.6 Å². The second kappa shape index (κ2) is 6.84. The molecule has 1 fully saturated rings. The van der Waals surface area contributed by atoms with Crippen LogP contribution in [-0.4, -0.2) is 18.2 Å². The third kappa shape index (κ3) is 3.90. The second-order valence-corrected chi connectivity index (χ2v) is 5.97. The van der Waals surface area contributed by atoms with E-state index in [1.165, 1.54) is 18.4 Å². The zero-order valence-corrected chi connectivity index (χ0v) is 13.2. The van der Waals surface area contributed by atoms with Crippen molar-refractivity contribution in [2.75, 3.05) is 7.11 Å². The quantitative estimate of drug-likeness (QED) is 0.819. The van der Waals surface area contributed by atoms with Gasteiger partial charge < -0.3 is 15.2 Å². The largest absolute Gasteiger partial charge is 0.497 e. The van der Waals surface area contributed by atoms with Crippen LogP contribution in [0.25, 0.3) is 0 Å². The Morgan fingerprint density at radius 1 is 1.26 bits per heavy atom. The van der Waals surface area contributed by atoms with Crippen molar-refractivity contribution >= 4 is 5.97 Å². The number of benzene rings is 2. The summed E-state index contributed by atoms with van der Waals surface area (Å²) in [5.41, 5.74) is 2.57. The van der Waals surface area contributed by atoms with Crippen molar-refractivity contribution in [2.24, 2.45) is 5.92 Å². The Kier molecular flexibility index (Phi) is 4.63. The first-order chi connectivity index (χ1) is 11.2.